The van der Waals surface area contributed by atoms with E-state index in [4.69, 9.17) is 23.2 Å². The number of likely N-dealkylation sites (tertiary alicyclic amines) is 1. The number of rotatable bonds is 7. The number of pyridine rings is 1. The van der Waals surface area contributed by atoms with Gasteiger partial charge < -0.3 is 10.2 Å². The second-order valence-corrected chi connectivity index (χ2v) is 10.6. The van der Waals surface area contributed by atoms with E-state index >= 15 is 0 Å². The molecule has 1 unspecified atom stereocenters. The van der Waals surface area contributed by atoms with E-state index in [0.29, 0.717) is 74.1 Å². The molecule has 0 spiro atoms. The molecule has 12 heteroatoms. The van der Waals surface area contributed by atoms with Crippen LogP contribution in [0.4, 0.5) is 23.4 Å². The van der Waals surface area contributed by atoms with Crippen LogP contribution in [0.1, 0.15) is 43.5 Å². The summed E-state index contributed by atoms with van der Waals surface area (Å²) >= 11 is 12.3. The van der Waals surface area contributed by atoms with Gasteiger partial charge in [0.2, 0.25) is 0 Å². The number of piperidine rings is 1. The summed E-state index contributed by atoms with van der Waals surface area (Å²) in [4.78, 5) is 22.3. The lowest BCUT2D eigenvalue weighted by molar-refractivity contribution is -0.151. The first-order chi connectivity index (χ1) is 18.0. The Morgan fingerprint density at radius 2 is 1.89 bits per heavy atom. The van der Waals surface area contributed by atoms with Crippen molar-refractivity contribution in [1.29, 1.82) is 0 Å². The van der Waals surface area contributed by atoms with Crippen molar-refractivity contribution >= 4 is 34.9 Å². The molecule has 0 saturated carbocycles. The zero-order valence-corrected chi connectivity index (χ0v) is 22.6. The van der Waals surface area contributed by atoms with Crippen molar-refractivity contribution < 1.29 is 23.8 Å². The fraction of sp³-hybridized carbons (Fsp3) is 0.538. The predicted molar refractivity (Wildman–Crippen MR) is 142 cm³/mol. The fourth-order valence-corrected chi connectivity index (χ4v) is 5.79. The molecule has 1 aromatic carbocycles. The zero-order chi connectivity index (χ0) is 27.4. The normalized spacial score (nSPS) is 20.1. The van der Waals surface area contributed by atoms with Crippen LogP contribution in [0.3, 0.4) is 0 Å². The maximum absolute atomic E-state index is 14.2. The molecule has 0 aliphatic carbocycles. The van der Waals surface area contributed by atoms with E-state index < -0.39 is 18.6 Å². The maximum atomic E-state index is 14.2. The summed E-state index contributed by atoms with van der Waals surface area (Å²) in [6.07, 6.45) is -2.46. The Morgan fingerprint density at radius 3 is 2.53 bits per heavy atom. The van der Waals surface area contributed by atoms with Gasteiger partial charge in [-0.3, -0.25) is 14.6 Å². The van der Waals surface area contributed by atoms with Crippen LogP contribution in [-0.2, 0) is 6.54 Å². The summed E-state index contributed by atoms with van der Waals surface area (Å²) in [7, 11) is 0. The zero-order valence-electron chi connectivity index (χ0n) is 21.1. The number of hydrogen-bond acceptors (Lipinski definition) is 5. The van der Waals surface area contributed by atoms with Crippen LogP contribution in [0, 0.1) is 5.82 Å². The molecule has 210 valence electrons. The number of carbonyl (C=O) groups excluding carboxylic acids is 1. The standard InChI is InChI=1S/C26H31Cl2F4N5O.H2/c1-2-33-25(38)18-11-22(28)24(34-14-18)36-9-10-37(21(16-36)13-26(30,31)32)20-5-7-35(8-6-20)15-17-3-4-19(27)12-23(17)29;/h3-4,11-12,14,20-21H,2,5-10,13,15-16H2,1H3,(H,33,38);1H. The molecule has 1 amide bonds. The maximum Gasteiger partial charge on any atom is 0.390 e. The van der Waals surface area contributed by atoms with Crippen LogP contribution in [0.5, 0.6) is 0 Å². The predicted octanol–water partition coefficient (Wildman–Crippen LogP) is 5.63. The number of hydrogen-bond donors (Lipinski definition) is 1. The van der Waals surface area contributed by atoms with Crippen LogP contribution >= 0.6 is 23.2 Å². The summed E-state index contributed by atoms with van der Waals surface area (Å²) in [5.41, 5.74) is 0.857. The molecule has 1 atom stereocenters. The molecule has 3 heterocycles. The highest BCUT2D eigenvalue weighted by atomic mass is 35.5. The lowest BCUT2D eigenvalue weighted by Crippen LogP contribution is -2.59. The van der Waals surface area contributed by atoms with Gasteiger partial charge in [-0.2, -0.15) is 13.2 Å². The number of alkyl halides is 3. The van der Waals surface area contributed by atoms with Crippen molar-refractivity contribution in [3.05, 3.63) is 57.5 Å². The lowest BCUT2D eigenvalue weighted by Gasteiger charge is -2.48. The molecule has 1 aromatic heterocycles. The number of piperazine rings is 1. The van der Waals surface area contributed by atoms with Gasteiger partial charge in [0, 0.05) is 63.0 Å². The summed E-state index contributed by atoms with van der Waals surface area (Å²) in [5, 5.41) is 3.25. The fourth-order valence-electron chi connectivity index (χ4n) is 5.34. The van der Waals surface area contributed by atoms with Crippen molar-refractivity contribution in [1.82, 2.24) is 20.1 Å². The Morgan fingerprint density at radius 1 is 1.16 bits per heavy atom. The van der Waals surface area contributed by atoms with Gasteiger partial charge in [0.25, 0.3) is 5.91 Å². The van der Waals surface area contributed by atoms with Crippen LogP contribution in [0.2, 0.25) is 10.0 Å². The van der Waals surface area contributed by atoms with Crippen molar-refractivity contribution in [2.75, 3.05) is 44.2 Å². The smallest absolute Gasteiger partial charge is 0.353 e. The average molecular weight is 578 g/mol. The molecule has 4 rings (SSSR count). The molecule has 0 radical (unpaired) electrons. The van der Waals surface area contributed by atoms with Gasteiger partial charge in [-0.1, -0.05) is 29.3 Å². The summed E-state index contributed by atoms with van der Waals surface area (Å²) < 4.78 is 55.0. The highest BCUT2D eigenvalue weighted by Crippen LogP contribution is 2.33. The minimum atomic E-state index is -4.32. The molecular weight excluding hydrogens is 545 g/mol. The van der Waals surface area contributed by atoms with Crippen molar-refractivity contribution in [3.63, 3.8) is 0 Å². The topological polar surface area (TPSA) is 51.7 Å². The van der Waals surface area contributed by atoms with E-state index in [1.807, 2.05) is 4.90 Å². The van der Waals surface area contributed by atoms with Crippen molar-refractivity contribution in [2.45, 2.75) is 51.0 Å². The van der Waals surface area contributed by atoms with Gasteiger partial charge in [-0.05, 0) is 51.1 Å². The third-order valence-corrected chi connectivity index (χ3v) is 7.66. The molecule has 6 nitrogen and oxygen atoms in total. The highest BCUT2D eigenvalue weighted by molar-refractivity contribution is 6.33. The Balaban J connectivity index is 0.00000420. The molecule has 2 saturated heterocycles. The van der Waals surface area contributed by atoms with Crippen LogP contribution < -0.4 is 10.2 Å². The molecule has 0 bridgehead atoms. The van der Waals surface area contributed by atoms with E-state index in [2.05, 4.69) is 15.2 Å². The van der Waals surface area contributed by atoms with E-state index in [-0.39, 0.29) is 30.8 Å². The molecule has 2 aromatic rings. The Hall–Kier alpha value is -2.14. The molecule has 1 N–H and O–H groups in total. The Kier molecular flexibility index (Phi) is 9.39. The van der Waals surface area contributed by atoms with Gasteiger partial charge in [0.15, 0.2) is 0 Å². The van der Waals surface area contributed by atoms with Gasteiger partial charge >= 0.3 is 6.18 Å². The second-order valence-electron chi connectivity index (χ2n) is 9.79. The summed E-state index contributed by atoms with van der Waals surface area (Å²) in [6, 6.07) is 5.36. The van der Waals surface area contributed by atoms with Crippen molar-refractivity contribution in [2.24, 2.45) is 0 Å². The van der Waals surface area contributed by atoms with Gasteiger partial charge in [-0.25, -0.2) is 9.37 Å². The SMILES string of the molecule is CCNC(=O)c1cnc(N2CCN(C3CCN(Cc4ccc(Cl)cc4F)CC3)C(CC(F)(F)F)C2)c(Cl)c1.[HH]. The summed E-state index contributed by atoms with van der Waals surface area (Å²) in [6.45, 7) is 5.06. The molecular formula is C26H33Cl2F4N5O. The minimum absolute atomic E-state index is 0. The Bertz CT molecular complexity index is 1130. The number of amides is 1. The van der Waals surface area contributed by atoms with Gasteiger partial charge in [-0.15, -0.1) is 0 Å². The monoisotopic (exact) mass is 577 g/mol. The largest absolute Gasteiger partial charge is 0.390 e. The number of anilines is 1. The number of carbonyl (C=O) groups is 1. The summed E-state index contributed by atoms with van der Waals surface area (Å²) in [5.74, 6) is -0.281. The molecule has 2 aliphatic heterocycles. The first kappa shape index (κ1) is 28.9. The van der Waals surface area contributed by atoms with Gasteiger partial charge in [0.05, 0.1) is 17.0 Å². The highest BCUT2D eigenvalue weighted by Gasteiger charge is 2.41. The van der Waals surface area contributed by atoms with E-state index in [9.17, 15) is 22.4 Å². The molecule has 2 aliphatic rings. The number of nitrogens with one attached hydrogen (secondary N) is 1. The van der Waals surface area contributed by atoms with Crippen LogP contribution in [0.25, 0.3) is 0 Å². The van der Waals surface area contributed by atoms with Crippen LogP contribution in [-0.4, -0.2) is 78.2 Å². The number of halogens is 6. The third kappa shape index (κ3) is 7.28. The van der Waals surface area contributed by atoms with E-state index in [1.54, 1.807) is 24.0 Å². The molecule has 2 fully saturated rings. The Labute approximate surface area is 231 Å². The minimum Gasteiger partial charge on any atom is -0.353 e. The first-order valence-corrected chi connectivity index (χ1v) is 13.5. The number of aromatic nitrogens is 1. The quantitative estimate of drug-likeness (QED) is 0.432. The van der Waals surface area contributed by atoms with Crippen molar-refractivity contribution in [3.8, 4) is 0 Å². The molecule has 38 heavy (non-hydrogen) atoms. The van der Waals surface area contributed by atoms with Gasteiger partial charge in [0.1, 0.15) is 11.6 Å². The third-order valence-electron chi connectivity index (χ3n) is 7.15. The average Bonchev–Trinajstić information content (AvgIpc) is 2.85. The lowest BCUT2D eigenvalue weighted by atomic mass is 9.97. The number of benzene rings is 1. The first-order valence-electron chi connectivity index (χ1n) is 12.7. The van der Waals surface area contributed by atoms with E-state index in [1.165, 1.54) is 18.3 Å². The van der Waals surface area contributed by atoms with Crippen LogP contribution in [0.15, 0.2) is 30.5 Å². The number of nitrogens with zero attached hydrogens (tertiary/aromatic N) is 4. The second kappa shape index (κ2) is 12.4. The van der Waals surface area contributed by atoms with E-state index in [0.717, 1.165) is 0 Å².